The molecule has 0 amide bonds. The molecule has 0 atom stereocenters. The van der Waals surface area contributed by atoms with Gasteiger partial charge in [0, 0.05) is 40.2 Å². The Hall–Kier alpha value is -6.09. The number of nitrogens with one attached hydrogen (secondary N) is 2. The molecular formula is C60H74N6O10S3. The van der Waals surface area contributed by atoms with Gasteiger partial charge in [0.25, 0.3) is 10.1 Å². The van der Waals surface area contributed by atoms with E-state index in [2.05, 4.69) is 31.3 Å². The lowest BCUT2D eigenvalue weighted by Gasteiger charge is -2.30. The molecule has 79 heavy (non-hydrogen) atoms. The van der Waals surface area contributed by atoms with Gasteiger partial charge in [-0.25, -0.2) is 4.28 Å². The third-order valence-electron chi connectivity index (χ3n) is 14.9. The molecule has 6 aromatic rings. The van der Waals surface area contributed by atoms with Crippen molar-refractivity contribution in [3.8, 4) is 17.2 Å². The van der Waals surface area contributed by atoms with Crippen LogP contribution in [0.1, 0.15) is 140 Å². The molecule has 0 heterocycles. The molecule has 0 saturated heterocycles. The van der Waals surface area contributed by atoms with Gasteiger partial charge in [-0.3, -0.25) is 4.55 Å². The summed E-state index contributed by atoms with van der Waals surface area (Å²) < 4.78 is 102. The van der Waals surface area contributed by atoms with E-state index in [9.17, 15) is 29.8 Å². The first-order valence-electron chi connectivity index (χ1n) is 27.9. The molecule has 10 rings (SSSR count). The molecule has 0 spiro atoms. The van der Waals surface area contributed by atoms with Gasteiger partial charge in [-0.15, -0.1) is 10.2 Å². The minimum atomic E-state index is -4.79. The molecule has 19 heteroatoms. The topological polar surface area (TPSA) is 224 Å². The van der Waals surface area contributed by atoms with Gasteiger partial charge in [-0.1, -0.05) is 137 Å². The highest BCUT2D eigenvalue weighted by atomic mass is 32.2. The molecule has 4 aliphatic rings. The molecule has 4 aliphatic carbocycles. The molecule has 0 aliphatic heterocycles. The van der Waals surface area contributed by atoms with E-state index in [1.165, 1.54) is 195 Å². The Bertz CT molecular complexity index is 3270. The Labute approximate surface area is 466 Å². The number of nitrogens with zero attached hydrogens (tertiary/aromatic N) is 4. The molecule has 4 saturated carbocycles. The third kappa shape index (κ3) is 17.7. The summed E-state index contributed by atoms with van der Waals surface area (Å²) in [5, 5.41) is 23.8. The molecule has 6 aromatic carbocycles. The molecule has 16 nitrogen and oxygen atoms in total. The standard InChI is InChI=1S/C36H28N4O10S3.2C12H23N/c1-24-11-18-29(19-12-24)52(44,45)49-28-16-13-26(14-17-28)37-39-32-20-22-35(31-9-5-4-8-30(31)32)53(46,47)50-40-38-27-15-21-34(36(23-27)51(41,42)43)48-33-10-6-3-7-25(33)2;2*1-3-7-11(8-4-1)13-12-9-5-2-6-10-12/h3-23H,1-2H3,(H,41,42,43);2*11-13H,1-10H2. The van der Waals surface area contributed by atoms with Crippen molar-refractivity contribution in [2.24, 2.45) is 20.6 Å². The van der Waals surface area contributed by atoms with Crippen LogP contribution in [-0.2, 0) is 34.6 Å². The number of benzene rings is 6. The number of fused-ring (bicyclic) bond motifs is 1. The van der Waals surface area contributed by atoms with E-state index in [4.69, 9.17) is 13.2 Å². The summed E-state index contributed by atoms with van der Waals surface area (Å²) in [4.78, 5) is -0.865. The van der Waals surface area contributed by atoms with Crippen LogP contribution < -0.4 is 19.6 Å². The fourth-order valence-electron chi connectivity index (χ4n) is 10.6. The summed E-state index contributed by atoms with van der Waals surface area (Å²) in [7, 11) is -13.4. The molecule has 0 aromatic heterocycles. The Morgan fingerprint density at radius 1 is 0.468 bits per heavy atom. The third-order valence-corrected chi connectivity index (χ3v) is 18.2. The van der Waals surface area contributed by atoms with E-state index < -0.39 is 35.2 Å². The largest absolute Gasteiger partial charge is 0.456 e. The highest BCUT2D eigenvalue weighted by Gasteiger charge is 2.24. The first-order valence-corrected chi connectivity index (χ1v) is 32.1. The van der Waals surface area contributed by atoms with Crippen molar-refractivity contribution >= 4 is 58.2 Å². The van der Waals surface area contributed by atoms with Crippen molar-refractivity contribution in [2.75, 3.05) is 0 Å². The van der Waals surface area contributed by atoms with E-state index in [1.54, 1.807) is 61.5 Å². The van der Waals surface area contributed by atoms with Gasteiger partial charge < -0.3 is 19.6 Å². The summed E-state index contributed by atoms with van der Waals surface area (Å²) in [6, 6.07) is 35.1. The fourth-order valence-corrected chi connectivity index (χ4v) is 13.1. The lowest BCUT2D eigenvalue weighted by molar-refractivity contribution is 0.291. The second-order valence-corrected chi connectivity index (χ2v) is 25.5. The zero-order valence-electron chi connectivity index (χ0n) is 45.2. The molecule has 0 unspecified atom stereocenters. The second kappa shape index (κ2) is 28.4. The summed E-state index contributed by atoms with van der Waals surface area (Å²) in [5.74, 6) is 0.243. The Morgan fingerprint density at radius 3 is 1.51 bits per heavy atom. The van der Waals surface area contributed by atoms with Crippen molar-refractivity contribution in [3.05, 3.63) is 139 Å². The van der Waals surface area contributed by atoms with E-state index in [-0.39, 0.29) is 32.4 Å². The van der Waals surface area contributed by atoms with E-state index in [0.717, 1.165) is 35.8 Å². The number of hydrogen-bond donors (Lipinski definition) is 3. The summed E-state index contributed by atoms with van der Waals surface area (Å²) in [5.41, 5.74) is 2.14. The average Bonchev–Trinajstić information content (AvgIpc) is 3.60. The molecule has 0 bridgehead atoms. The lowest BCUT2D eigenvalue weighted by Crippen LogP contribution is -2.40. The number of azo groups is 1. The van der Waals surface area contributed by atoms with Crippen molar-refractivity contribution in [3.63, 3.8) is 0 Å². The molecule has 4 fully saturated rings. The SMILES string of the molecule is C1CCC(NC2CCCCC2)CC1.C1CCC(NC2CCCCC2)CC1.Cc1ccc(S(=O)(=O)Oc2ccc(N=Nc3ccc(S(=O)(=O)ON=Nc4ccc(Oc5ccccc5C)c(S(=O)(=O)O)c4)c4ccccc34)cc2)cc1. The van der Waals surface area contributed by atoms with Crippen LogP contribution in [-0.4, -0.2) is 54.0 Å². The van der Waals surface area contributed by atoms with Gasteiger partial charge in [0.15, 0.2) is 0 Å². The first-order chi connectivity index (χ1) is 38.1. The quantitative estimate of drug-likeness (QED) is 0.0356. The van der Waals surface area contributed by atoms with E-state index >= 15 is 0 Å². The predicted molar refractivity (Wildman–Crippen MR) is 308 cm³/mol. The first kappa shape index (κ1) is 59.0. The van der Waals surface area contributed by atoms with Gasteiger partial charge >= 0.3 is 20.2 Å². The Kier molecular flexibility index (Phi) is 21.2. The van der Waals surface area contributed by atoms with Crippen LogP contribution in [0.5, 0.6) is 17.2 Å². The van der Waals surface area contributed by atoms with Crippen molar-refractivity contribution in [2.45, 2.75) is 181 Å². The fraction of sp³-hybridized carbons (Fsp3) is 0.433. The Morgan fingerprint density at radius 2 is 0.975 bits per heavy atom. The smallest absolute Gasteiger partial charge is 0.360 e. The second-order valence-electron chi connectivity index (χ2n) is 21.0. The van der Waals surface area contributed by atoms with Gasteiger partial charge in [-0.05, 0) is 144 Å². The number of para-hydroxylation sites is 1. The summed E-state index contributed by atoms with van der Waals surface area (Å²) in [6.07, 6.45) is 29.1. The van der Waals surface area contributed by atoms with Gasteiger partial charge in [0.05, 0.1) is 17.1 Å². The summed E-state index contributed by atoms with van der Waals surface area (Å²) in [6.45, 7) is 3.60. The van der Waals surface area contributed by atoms with Crippen LogP contribution in [0.25, 0.3) is 10.8 Å². The lowest BCUT2D eigenvalue weighted by atomic mass is 9.91. The number of aryl methyl sites for hydroxylation is 2. The molecule has 422 valence electrons. The number of hydrogen-bond acceptors (Lipinski definition) is 15. The van der Waals surface area contributed by atoms with Crippen LogP contribution in [0.3, 0.4) is 0 Å². The van der Waals surface area contributed by atoms with Crippen molar-refractivity contribution < 1.29 is 43.0 Å². The monoisotopic (exact) mass is 1130 g/mol. The van der Waals surface area contributed by atoms with E-state index in [1.807, 2.05) is 6.92 Å². The number of rotatable bonds is 16. The van der Waals surface area contributed by atoms with Crippen LogP contribution in [0, 0.1) is 13.8 Å². The summed E-state index contributed by atoms with van der Waals surface area (Å²) >= 11 is 0. The van der Waals surface area contributed by atoms with Crippen molar-refractivity contribution in [1.29, 1.82) is 0 Å². The van der Waals surface area contributed by atoms with E-state index in [0.29, 0.717) is 28.1 Å². The minimum absolute atomic E-state index is 0.0157. The predicted octanol–water partition coefficient (Wildman–Crippen LogP) is 15.6. The maximum atomic E-state index is 13.2. The molecule has 3 N–H and O–H groups in total. The van der Waals surface area contributed by atoms with Gasteiger partial charge in [0.2, 0.25) is 0 Å². The molecule has 0 radical (unpaired) electrons. The van der Waals surface area contributed by atoms with Gasteiger partial charge in [0.1, 0.15) is 31.9 Å². The highest BCUT2D eigenvalue weighted by molar-refractivity contribution is 7.87. The minimum Gasteiger partial charge on any atom is -0.456 e. The zero-order chi connectivity index (χ0) is 55.7. The van der Waals surface area contributed by atoms with Crippen LogP contribution in [0.15, 0.2) is 163 Å². The average molecular weight is 1140 g/mol. The normalized spacial score (nSPS) is 17.4. The van der Waals surface area contributed by atoms with Crippen LogP contribution in [0.2, 0.25) is 0 Å². The molecular weight excluding hydrogens is 1060 g/mol. The maximum absolute atomic E-state index is 13.2. The van der Waals surface area contributed by atoms with Gasteiger partial charge in [-0.2, -0.15) is 30.4 Å². The number of ether oxygens (including phenoxy) is 1. The van der Waals surface area contributed by atoms with Crippen LogP contribution in [0.4, 0.5) is 17.1 Å². The van der Waals surface area contributed by atoms with Crippen LogP contribution >= 0.6 is 0 Å². The zero-order valence-corrected chi connectivity index (χ0v) is 47.7. The Balaban J connectivity index is 0.000000254. The maximum Gasteiger partial charge on any atom is 0.360 e. The van der Waals surface area contributed by atoms with Crippen molar-refractivity contribution in [1.82, 2.24) is 10.6 Å². The highest BCUT2D eigenvalue weighted by Crippen LogP contribution is 2.36.